The number of halogens is 1. The molecule has 0 bridgehead atoms. The lowest BCUT2D eigenvalue weighted by Crippen LogP contribution is -2.40. The summed E-state index contributed by atoms with van der Waals surface area (Å²) in [5.74, 6) is -0.343. The van der Waals surface area contributed by atoms with Crippen LogP contribution in [0, 0.1) is 0 Å². The van der Waals surface area contributed by atoms with Gasteiger partial charge >= 0.3 is 0 Å². The van der Waals surface area contributed by atoms with Crippen molar-refractivity contribution >= 4 is 17.5 Å². The predicted octanol–water partition coefficient (Wildman–Crippen LogP) is 2.37. The van der Waals surface area contributed by atoms with E-state index in [0.717, 1.165) is 12.0 Å². The molecule has 0 radical (unpaired) electrons. The number of carbonyl (C=O) groups excluding carboxylic acids is 1. The molecular formula is C13H18ClNO2. The Labute approximate surface area is 107 Å². The molecule has 1 atom stereocenters. The molecule has 4 heteroatoms. The third-order valence-electron chi connectivity index (χ3n) is 2.54. The van der Waals surface area contributed by atoms with Crippen molar-refractivity contribution in [2.24, 2.45) is 0 Å². The molecule has 0 fully saturated rings. The van der Waals surface area contributed by atoms with Crippen LogP contribution in [0.2, 0.25) is 0 Å². The molecule has 0 saturated heterocycles. The minimum absolute atomic E-state index is 0.104. The number of hydrogen-bond acceptors (Lipinski definition) is 2. The van der Waals surface area contributed by atoms with Crippen LogP contribution in [0.25, 0.3) is 0 Å². The molecule has 1 N–H and O–H groups in total. The number of aliphatic hydroxyl groups is 1. The molecule has 1 rings (SSSR count). The largest absolute Gasteiger partial charge is 0.374 e. The number of benzene rings is 1. The van der Waals surface area contributed by atoms with E-state index in [9.17, 15) is 9.90 Å². The summed E-state index contributed by atoms with van der Waals surface area (Å²) in [6.45, 7) is 2.36. The smallest absolute Gasteiger partial charge is 0.239 e. The zero-order chi connectivity index (χ0) is 12.7. The third-order valence-corrected chi connectivity index (χ3v) is 2.77. The summed E-state index contributed by atoms with van der Waals surface area (Å²) in [7, 11) is 0. The number of alkyl halides is 1. The summed E-state index contributed by atoms with van der Waals surface area (Å²) in [6, 6.07) is 9.58. The summed E-state index contributed by atoms with van der Waals surface area (Å²) in [6.07, 6.45) is 0.628. The fraction of sp³-hybridized carbons (Fsp3) is 0.462. The quantitative estimate of drug-likeness (QED) is 0.626. The molecule has 1 aromatic rings. The van der Waals surface area contributed by atoms with E-state index in [1.54, 1.807) is 0 Å². The average molecular weight is 256 g/mol. The molecule has 0 aromatic heterocycles. The van der Waals surface area contributed by atoms with E-state index in [1.807, 2.05) is 37.3 Å². The average Bonchev–Trinajstić information content (AvgIpc) is 2.36. The fourth-order valence-corrected chi connectivity index (χ4v) is 1.78. The number of rotatable bonds is 6. The maximum Gasteiger partial charge on any atom is 0.239 e. The molecule has 0 spiro atoms. The van der Waals surface area contributed by atoms with Crippen LogP contribution < -0.4 is 0 Å². The highest BCUT2D eigenvalue weighted by molar-refractivity contribution is 6.27. The van der Waals surface area contributed by atoms with Gasteiger partial charge in [0.2, 0.25) is 5.91 Å². The molecule has 17 heavy (non-hydrogen) atoms. The molecule has 0 aliphatic heterocycles. The summed E-state index contributed by atoms with van der Waals surface area (Å²) >= 11 is 5.55. The van der Waals surface area contributed by atoms with E-state index in [1.165, 1.54) is 4.90 Å². The molecular weight excluding hydrogens is 238 g/mol. The van der Waals surface area contributed by atoms with Crippen molar-refractivity contribution < 1.29 is 9.90 Å². The van der Waals surface area contributed by atoms with E-state index < -0.39 is 6.23 Å². The highest BCUT2D eigenvalue weighted by Gasteiger charge is 2.20. The maximum atomic E-state index is 11.7. The SMILES string of the molecule is CCC[C@@H](O)N(Cc1ccccc1)C(=O)CCl. The van der Waals surface area contributed by atoms with Crippen molar-refractivity contribution in [3.05, 3.63) is 35.9 Å². The first-order valence-electron chi connectivity index (χ1n) is 5.76. The van der Waals surface area contributed by atoms with Gasteiger partial charge in [0.15, 0.2) is 0 Å². The topological polar surface area (TPSA) is 40.5 Å². The van der Waals surface area contributed by atoms with Gasteiger partial charge in [-0.1, -0.05) is 43.7 Å². The van der Waals surface area contributed by atoms with Crippen molar-refractivity contribution in [1.29, 1.82) is 0 Å². The predicted molar refractivity (Wildman–Crippen MR) is 68.6 cm³/mol. The lowest BCUT2D eigenvalue weighted by molar-refractivity contribution is -0.140. The summed E-state index contributed by atoms with van der Waals surface area (Å²) in [5.41, 5.74) is 0.987. The minimum Gasteiger partial charge on any atom is -0.374 e. The van der Waals surface area contributed by atoms with Crippen LogP contribution in [-0.4, -0.2) is 28.0 Å². The van der Waals surface area contributed by atoms with E-state index in [2.05, 4.69) is 0 Å². The van der Waals surface area contributed by atoms with Gasteiger partial charge in [-0.05, 0) is 12.0 Å². The molecule has 0 aliphatic rings. The van der Waals surface area contributed by atoms with Gasteiger partial charge < -0.3 is 10.0 Å². The summed E-state index contributed by atoms with van der Waals surface area (Å²) < 4.78 is 0. The van der Waals surface area contributed by atoms with Gasteiger partial charge in [0.05, 0.1) is 0 Å². The first-order valence-corrected chi connectivity index (χ1v) is 6.30. The molecule has 0 aliphatic carbocycles. The van der Waals surface area contributed by atoms with E-state index in [-0.39, 0.29) is 11.8 Å². The Morgan fingerprint density at radius 2 is 2.06 bits per heavy atom. The highest BCUT2D eigenvalue weighted by Crippen LogP contribution is 2.11. The Bertz CT molecular complexity index is 343. The van der Waals surface area contributed by atoms with Crippen LogP contribution in [0.4, 0.5) is 0 Å². The van der Waals surface area contributed by atoms with Crippen molar-refractivity contribution in [3.63, 3.8) is 0 Å². The summed E-state index contributed by atoms with van der Waals surface area (Å²) in [4.78, 5) is 13.1. The van der Waals surface area contributed by atoms with Gasteiger partial charge in [-0.3, -0.25) is 4.79 Å². The molecule has 94 valence electrons. The molecule has 3 nitrogen and oxygen atoms in total. The van der Waals surface area contributed by atoms with Crippen molar-refractivity contribution in [2.45, 2.75) is 32.5 Å². The van der Waals surface area contributed by atoms with Crippen LogP contribution >= 0.6 is 11.6 Å². The van der Waals surface area contributed by atoms with E-state index in [4.69, 9.17) is 11.6 Å². The lowest BCUT2D eigenvalue weighted by Gasteiger charge is -2.27. The first-order chi connectivity index (χ1) is 8.19. The van der Waals surface area contributed by atoms with Crippen LogP contribution in [0.3, 0.4) is 0 Å². The Morgan fingerprint density at radius 3 is 2.59 bits per heavy atom. The number of nitrogens with zero attached hydrogens (tertiary/aromatic N) is 1. The van der Waals surface area contributed by atoms with Gasteiger partial charge in [0.1, 0.15) is 12.1 Å². The fourth-order valence-electron chi connectivity index (χ4n) is 1.63. The number of hydrogen-bond donors (Lipinski definition) is 1. The highest BCUT2D eigenvalue weighted by atomic mass is 35.5. The molecule has 1 aromatic carbocycles. The van der Waals surface area contributed by atoms with Crippen molar-refractivity contribution in [1.82, 2.24) is 4.90 Å². The van der Waals surface area contributed by atoms with Gasteiger partial charge in [-0.2, -0.15) is 0 Å². The zero-order valence-corrected chi connectivity index (χ0v) is 10.7. The summed E-state index contributed by atoms with van der Waals surface area (Å²) in [5, 5.41) is 9.92. The maximum absolute atomic E-state index is 11.7. The molecule has 0 saturated carbocycles. The Kier molecular flexibility index (Phi) is 6.01. The van der Waals surface area contributed by atoms with E-state index >= 15 is 0 Å². The lowest BCUT2D eigenvalue weighted by atomic mass is 10.2. The van der Waals surface area contributed by atoms with Gasteiger partial charge in [-0.25, -0.2) is 0 Å². The number of amides is 1. The van der Waals surface area contributed by atoms with Crippen LogP contribution in [0.5, 0.6) is 0 Å². The first kappa shape index (κ1) is 14.0. The van der Waals surface area contributed by atoms with E-state index in [0.29, 0.717) is 13.0 Å². The van der Waals surface area contributed by atoms with Crippen LogP contribution in [0.15, 0.2) is 30.3 Å². The second-order valence-corrected chi connectivity index (χ2v) is 4.18. The monoisotopic (exact) mass is 255 g/mol. The number of carbonyl (C=O) groups is 1. The van der Waals surface area contributed by atoms with Crippen LogP contribution in [-0.2, 0) is 11.3 Å². The Balaban J connectivity index is 2.73. The van der Waals surface area contributed by atoms with Crippen molar-refractivity contribution in [3.8, 4) is 0 Å². The Hall–Kier alpha value is -1.06. The van der Waals surface area contributed by atoms with Gasteiger partial charge in [-0.15, -0.1) is 11.6 Å². The van der Waals surface area contributed by atoms with Gasteiger partial charge in [0, 0.05) is 6.54 Å². The minimum atomic E-state index is -0.758. The molecule has 0 heterocycles. The standard InChI is InChI=1S/C13H18ClNO2/c1-2-6-12(16)15(13(17)9-14)10-11-7-4-3-5-8-11/h3-5,7-8,12,16H,2,6,9-10H2,1H3/t12-/m1/s1. The second-order valence-electron chi connectivity index (χ2n) is 3.91. The normalized spacial score (nSPS) is 12.2. The second kappa shape index (κ2) is 7.30. The van der Waals surface area contributed by atoms with Gasteiger partial charge in [0.25, 0.3) is 0 Å². The van der Waals surface area contributed by atoms with Crippen molar-refractivity contribution in [2.75, 3.05) is 5.88 Å². The molecule has 1 amide bonds. The Morgan fingerprint density at radius 1 is 1.41 bits per heavy atom. The third kappa shape index (κ3) is 4.36. The van der Waals surface area contributed by atoms with Crippen LogP contribution in [0.1, 0.15) is 25.3 Å². The number of aliphatic hydroxyl groups excluding tert-OH is 1. The molecule has 0 unspecified atom stereocenters. The zero-order valence-electron chi connectivity index (χ0n) is 9.97.